The van der Waals surface area contributed by atoms with Gasteiger partial charge in [-0.3, -0.25) is 0 Å². The third-order valence-corrected chi connectivity index (χ3v) is 5.82. The van der Waals surface area contributed by atoms with Crippen molar-refractivity contribution in [3.63, 3.8) is 0 Å². The first kappa shape index (κ1) is 19.0. The van der Waals surface area contributed by atoms with Crippen LogP contribution >= 0.6 is 0 Å². The van der Waals surface area contributed by atoms with Gasteiger partial charge in [0, 0.05) is 12.0 Å². The van der Waals surface area contributed by atoms with Crippen LogP contribution in [0, 0.1) is 6.92 Å². The molecular formula is C23H20N2O3S. The number of nitrogens with one attached hydrogen (secondary N) is 1. The first-order valence-corrected chi connectivity index (χ1v) is 10.7. The number of aryl methyl sites for hydroxylation is 1. The van der Waals surface area contributed by atoms with Gasteiger partial charge in [-0.1, -0.05) is 78.4 Å². The smallest absolute Gasteiger partial charge is 0.264 e. The Kier molecular flexibility index (Phi) is 5.18. The lowest BCUT2D eigenvalue weighted by molar-refractivity contribution is 0.521. The molecule has 0 aliphatic heterocycles. The molecule has 4 rings (SSSR count). The number of anilines is 1. The Hall–Kier alpha value is -3.38. The SMILES string of the molecule is Cc1ccc(-c2nc(Cc3ccccc3)oc2NS(=O)(=O)c2ccccc2)cc1. The van der Waals surface area contributed by atoms with Crippen LogP contribution in [0.3, 0.4) is 0 Å². The molecule has 0 atom stereocenters. The molecule has 29 heavy (non-hydrogen) atoms. The van der Waals surface area contributed by atoms with E-state index in [1.807, 2.05) is 61.5 Å². The minimum atomic E-state index is -3.80. The highest BCUT2D eigenvalue weighted by atomic mass is 32.2. The van der Waals surface area contributed by atoms with Gasteiger partial charge in [0.1, 0.15) is 5.69 Å². The van der Waals surface area contributed by atoms with E-state index in [-0.39, 0.29) is 10.8 Å². The molecule has 0 saturated heterocycles. The van der Waals surface area contributed by atoms with Gasteiger partial charge in [0.15, 0.2) is 0 Å². The van der Waals surface area contributed by atoms with Crippen molar-refractivity contribution in [3.05, 3.63) is 102 Å². The molecule has 3 aromatic carbocycles. The van der Waals surface area contributed by atoms with Crippen molar-refractivity contribution in [2.75, 3.05) is 4.72 Å². The van der Waals surface area contributed by atoms with E-state index in [4.69, 9.17) is 4.42 Å². The van der Waals surface area contributed by atoms with E-state index in [2.05, 4.69) is 9.71 Å². The number of hydrogen-bond donors (Lipinski definition) is 1. The van der Waals surface area contributed by atoms with Crippen molar-refractivity contribution in [1.29, 1.82) is 0 Å². The molecule has 0 spiro atoms. The summed E-state index contributed by atoms with van der Waals surface area (Å²) in [6, 6.07) is 25.7. The van der Waals surface area contributed by atoms with E-state index in [0.717, 1.165) is 16.7 Å². The van der Waals surface area contributed by atoms with Gasteiger partial charge in [0.05, 0.1) is 4.90 Å². The predicted molar refractivity (Wildman–Crippen MR) is 113 cm³/mol. The second kappa shape index (κ2) is 7.93. The number of sulfonamides is 1. The van der Waals surface area contributed by atoms with Crippen molar-refractivity contribution in [2.45, 2.75) is 18.2 Å². The lowest BCUT2D eigenvalue weighted by Gasteiger charge is -2.07. The van der Waals surface area contributed by atoms with Crippen molar-refractivity contribution < 1.29 is 12.8 Å². The number of hydrogen-bond acceptors (Lipinski definition) is 4. The van der Waals surface area contributed by atoms with E-state index >= 15 is 0 Å². The van der Waals surface area contributed by atoms with Gasteiger partial charge in [0.25, 0.3) is 10.0 Å². The molecule has 1 N–H and O–H groups in total. The fraction of sp³-hybridized carbons (Fsp3) is 0.0870. The fourth-order valence-electron chi connectivity index (χ4n) is 2.97. The number of nitrogens with zero attached hydrogens (tertiary/aromatic N) is 1. The summed E-state index contributed by atoms with van der Waals surface area (Å²) in [5.74, 6) is 0.557. The minimum Gasteiger partial charge on any atom is -0.423 e. The third kappa shape index (κ3) is 4.38. The summed E-state index contributed by atoms with van der Waals surface area (Å²) in [6.07, 6.45) is 0.465. The van der Waals surface area contributed by atoms with Gasteiger partial charge in [-0.05, 0) is 24.6 Å². The van der Waals surface area contributed by atoms with Crippen molar-refractivity contribution in [3.8, 4) is 11.3 Å². The van der Waals surface area contributed by atoms with E-state index in [1.165, 1.54) is 12.1 Å². The van der Waals surface area contributed by atoms with Crippen molar-refractivity contribution >= 4 is 15.9 Å². The summed E-state index contributed by atoms with van der Waals surface area (Å²) < 4.78 is 34.0. The molecule has 1 heterocycles. The van der Waals surface area contributed by atoms with Crippen molar-refractivity contribution in [2.24, 2.45) is 0 Å². The highest BCUT2D eigenvalue weighted by molar-refractivity contribution is 7.92. The Balaban J connectivity index is 1.73. The molecule has 4 aromatic rings. The van der Waals surface area contributed by atoms with Crippen LogP contribution in [0.5, 0.6) is 0 Å². The number of rotatable bonds is 6. The standard InChI is InChI=1S/C23H20N2O3S/c1-17-12-14-19(15-13-17)22-23(25-29(26,27)20-10-6-3-7-11-20)28-21(24-22)16-18-8-4-2-5-9-18/h2-15,25H,16H2,1H3. The highest BCUT2D eigenvalue weighted by Crippen LogP contribution is 2.31. The van der Waals surface area contributed by atoms with E-state index in [9.17, 15) is 8.42 Å². The fourth-order valence-corrected chi connectivity index (χ4v) is 3.98. The Morgan fingerprint density at radius 2 is 1.48 bits per heavy atom. The van der Waals surface area contributed by atoms with Gasteiger partial charge in [-0.25, -0.2) is 18.1 Å². The van der Waals surface area contributed by atoms with E-state index < -0.39 is 10.0 Å². The molecule has 0 bridgehead atoms. The zero-order chi connectivity index (χ0) is 20.3. The van der Waals surface area contributed by atoms with Crippen molar-refractivity contribution in [1.82, 2.24) is 4.98 Å². The van der Waals surface area contributed by atoms with Crippen LogP contribution in [-0.4, -0.2) is 13.4 Å². The Labute approximate surface area is 170 Å². The Bertz CT molecular complexity index is 1200. The maximum Gasteiger partial charge on any atom is 0.264 e. The molecule has 0 aliphatic carbocycles. The van der Waals surface area contributed by atoms with Gasteiger partial charge >= 0.3 is 0 Å². The molecule has 0 fully saturated rings. The highest BCUT2D eigenvalue weighted by Gasteiger charge is 2.22. The number of benzene rings is 3. The van der Waals surface area contributed by atoms with E-state index in [0.29, 0.717) is 18.0 Å². The molecule has 0 unspecified atom stereocenters. The molecule has 146 valence electrons. The van der Waals surface area contributed by atoms with Crippen LogP contribution in [-0.2, 0) is 16.4 Å². The maximum absolute atomic E-state index is 12.8. The van der Waals surface area contributed by atoms with E-state index in [1.54, 1.807) is 18.2 Å². The summed E-state index contributed by atoms with van der Waals surface area (Å²) in [5, 5.41) is 0. The Morgan fingerprint density at radius 3 is 2.14 bits per heavy atom. The third-order valence-electron chi connectivity index (χ3n) is 4.48. The lowest BCUT2D eigenvalue weighted by atomic mass is 10.1. The molecule has 0 amide bonds. The normalized spacial score (nSPS) is 11.3. The zero-order valence-corrected chi connectivity index (χ0v) is 16.7. The van der Waals surface area contributed by atoms with Crippen LogP contribution in [0.2, 0.25) is 0 Å². The van der Waals surface area contributed by atoms with Crippen LogP contribution < -0.4 is 4.72 Å². The second-order valence-corrected chi connectivity index (χ2v) is 8.41. The first-order valence-electron chi connectivity index (χ1n) is 9.20. The Morgan fingerprint density at radius 1 is 0.862 bits per heavy atom. The zero-order valence-electron chi connectivity index (χ0n) is 15.9. The van der Waals surface area contributed by atoms with Crippen LogP contribution in [0.25, 0.3) is 11.3 Å². The largest absolute Gasteiger partial charge is 0.423 e. The average molecular weight is 404 g/mol. The summed E-state index contributed by atoms with van der Waals surface area (Å²) in [4.78, 5) is 4.75. The maximum atomic E-state index is 12.8. The minimum absolute atomic E-state index is 0.114. The molecule has 1 aromatic heterocycles. The molecule has 0 aliphatic rings. The monoisotopic (exact) mass is 404 g/mol. The lowest BCUT2D eigenvalue weighted by Crippen LogP contribution is -2.12. The molecule has 0 saturated carbocycles. The quantitative estimate of drug-likeness (QED) is 0.489. The molecule has 5 nitrogen and oxygen atoms in total. The topological polar surface area (TPSA) is 72.2 Å². The van der Waals surface area contributed by atoms with Gasteiger partial charge < -0.3 is 4.42 Å². The molecular weight excluding hydrogens is 384 g/mol. The molecule has 0 radical (unpaired) electrons. The van der Waals surface area contributed by atoms with Crippen LogP contribution in [0.15, 0.2) is 94.2 Å². The summed E-state index contributed by atoms with van der Waals surface area (Å²) in [5.41, 5.74) is 3.38. The first-order chi connectivity index (χ1) is 14.0. The number of aromatic nitrogens is 1. The summed E-state index contributed by atoms with van der Waals surface area (Å²) >= 11 is 0. The summed E-state index contributed by atoms with van der Waals surface area (Å²) in [7, 11) is -3.80. The van der Waals surface area contributed by atoms with Crippen LogP contribution in [0.4, 0.5) is 5.88 Å². The average Bonchev–Trinajstić information content (AvgIpc) is 3.11. The second-order valence-electron chi connectivity index (χ2n) is 6.73. The summed E-state index contributed by atoms with van der Waals surface area (Å²) in [6.45, 7) is 1.99. The van der Waals surface area contributed by atoms with Crippen LogP contribution in [0.1, 0.15) is 17.0 Å². The molecule has 6 heteroatoms. The van der Waals surface area contributed by atoms with Gasteiger partial charge in [-0.15, -0.1) is 0 Å². The predicted octanol–water partition coefficient (Wildman–Crippen LogP) is 5.04. The van der Waals surface area contributed by atoms with Gasteiger partial charge in [-0.2, -0.15) is 0 Å². The van der Waals surface area contributed by atoms with Gasteiger partial charge in [0.2, 0.25) is 11.8 Å². The number of oxazole rings is 1.